The molecule has 1 atom stereocenters. The maximum atomic E-state index is 13.4. The highest BCUT2D eigenvalue weighted by atomic mass is 35.5. The first kappa shape index (κ1) is 14.9. The summed E-state index contributed by atoms with van der Waals surface area (Å²) < 4.78 is 13.4. The van der Waals surface area contributed by atoms with E-state index in [1.165, 1.54) is 6.07 Å². The molecule has 100 valence electrons. The molecule has 1 aromatic carbocycles. The number of amides is 1. The highest BCUT2D eigenvalue weighted by Crippen LogP contribution is 2.25. The second kappa shape index (κ2) is 6.16. The normalized spacial score (nSPS) is 22.3. The van der Waals surface area contributed by atoms with Crippen LogP contribution < -0.4 is 10.6 Å². The molecule has 3 nitrogen and oxygen atoms in total. The van der Waals surface area contributed by atoms with Gasteiger partial charge in [-0.25, -0.2) is 4.39 Å². The summed E-state index contributed by atoms with van der Waals surface area (Å²) in [6.07, 6.45) is 2.51. The molecule has 0 saturated carbocycles. The number of carbonyl (C=O) groups excluding carboxylic acids is 1. The molecule has 18 heavy (non-hydrogen) atoms. The van der Waals surface area contributed by atoms with Crippen molar-refractivity contribution in [3.63, 3.8) is 0 Å². The first-order chi connectivity index (χ1) is 8.18. The predicted molar refractivity (Wildman–Crippen MR) is 72.5 cm³/mol. The van der Waals surface area contributed by atoms with Crippen LogP contribution in [0.5, 0.6) is 0 Å². The van der Waals surface area contributed by atoms with Gasteiger partial charge in [0.05, 0.1) is 11.2 Å². The monoisotopic (exact) mass is 272 g/mol. The Labute approximate surface area is 113 Å². The van der Waals surface area contributed by atoms with Crippen molar-refractivity contribution < 1.29 is 9.18 Å². The Bertz CT molecular complexity index is 419. The Morgan fingerprint density at radius 1 is 1.50 bits per heavy atom. The average molecular weight is 273 g/mol. The number of nitrogens with one attached hydrogen (secondary N) is 2. The summed E-state index contributed by atoms with van der Waals surface area (Å²) in [7, 11) is 0. The first-order valence-electron chi connectivity index (χ1n) is 5.99. The molecule has 1 aromatic rings. The molecule has 0 radical (unpaired) electrons. The lowest BCUT2D eigenvalue weighted by Crippen LogP contribution is -2.50. The molecule has 0 aliphatic carbocycles. The van der Waals surface area contributed by atoms with Crippen LogP contribution in [0.25, 0.3) is 0 Å². The highest BCUT2D eigenvalue weighted by molar-refractivity contribution is 5.98. The first-order valence-corrected chi connectivity index (χ1v) is 5.99. The van der Waals surface area contributed by atoms with E-state index in [0.717, 1.165) is 19.4 Å². The molecule has 1 aliphatic rings. The van der Waals surface area contributed by atoms with Crippen molar-refractivity contribution in [2.75, 3.05) is 11.9 Å². The third-order valence-electron chi connectivity index (χ3n) is 3.40. The van der Waals surface area contributed by atoms with Crippen LogP contribution in [-0.4, -0.2) is 18.0 Å². The van der Waals surface area contributed by atoms with E-state index >= 15 is 0 Å². The highest BCUT2D eigenvalue weighted by Gasteiger charge is 2.39. The minimum atomic E-state index is -0.526. The Kier molecular flexibility index (Phi) is 5.11. The van der Waals surface area contributed by atoms with Crippen molar-refractivity contribution in [2.45, 2.75) is 31.7 Å². The van der Waals surface area contributed by atoms with E-state index in [9.17, 15) is 9.18 Å². The number of rotatable bonds is 3. The molecule has 5 heteroatoms. The van der Waals surface area contributed by atoms with Gasteiger partial charge >= 0.3 is 0 Å². The average Bonchev–Trinajstić information content (AvgIpc) is 2.82. The van der Waals surface area contributed by atoms with Gasteiger partial charge < -0.3 is 10.6 Å². The number of para-hydroxylation sites is 1. The van der Waals surface area contributed by atoms with E-state index in [0.29, 0.717) is 6.42 Å². The topological polar surface area (TPSA) is 41.1 Å². The smallest absolute Gasteiger partial charge is 0.244 e. The Morgan fingerprint density at radius 3 is 2.78 bits per heavy atom. The fraction of sp³-hybridized carbons (Fsp3) is 0.462. The van der Waals surface area contributed by atoms with Gasteiger partial charge in [-0.15, -0.1) is 12.4 Å². The molecule has 1 saturated heterocycles. The van der Waals surface area contributed by atoms with Gasteiger partial charge in [0.1, 0.15) is 5.82 Å². The second-order valence-electron chi connectivity index (χ2n) is 4.40. The summed E-state index contributed by atoms with van der Waals surface area (Å²) in [5.41, 5.74) is -0.276. The Hall–Kier alpha value is -1.13. The van der Waals surface area contributed by atoms with E-state index in [4.69, 9.17) is 0 Å². The zero-order valence-corrected chi connectivity index (χ0v) is 11.1. The van der Waals surface area contributed by atoms with Crippen LogP contribution in [0.4, 0.5) is 10.1 Å². The third kappa shape index (κ3) is 2.82. The van der Waals surface area contributed by atoms with Crippen molar-refractivity contribution in [2.24, 2.45) is 0 Å². The van der Waals surface area contributed by atoms with Crippen LogP contribution in [0, 0.1) is 5.82 Å². The molecule has 1 heterocycles. The lowest BCUT2D eigenvalue weighted by Gasteiger charge is -2.26. The fourth-order valence-corrected chi connectivity index (χ4v) is 2.27. The molecule has 1 fully saturated rings. The van der Waals surface area contributed by atoms with Gasteiger partial charge in [-0.1, -0.05) is 19.1 Å². The van der Waals surface area contributed by atoms with Crippen molar-refractivity contribution in [3.05, 3.63) is 30.1 Å². The van der Waals surface area contributed by atoms with E-state index in [1.807, 2.05) is 6.92 Å². The van der Waals surface area contributed by atoms with Gasteiger partial charge in [0, 0.05) is 0 Å². The van der Waals surface area contributed by atoms with Crippen LogP contribution in [0.3, 0.4) is 0 Å². The van der Waals surface area contributed by atoms with Gasteiger partial charge in [0.2, 0.25) is 5.91 Å². The maximum absolute atomic E-state index is 13.4. The van der Waals surface area contributed by atoms with Crippen LogP contribution in [0.1, 0.15) is 26.2 Å². The lowest BCUT2D eigenvalue weighted by atomic mass is 9.93. The van der Waals surface area contributed by atoms with Gasteiger partial charge in [-0.05, 0) is 37.9 Å². The van der Waals surface area contributed by atoms with Gasteiger partial charge in [-0.2, -0.15) is 0 Å². The molecule has 2 N–H and O–H groups in total. The SMILES string of the molecule is CCC1(C(=O)Nc2ccccc2F)CCCN1.Cl. The molecule has 2 rings (SSSR count). The van der Waals surface area contributed by atoms with Crippen molar-refractivity contribution >= 4 is 24.0 Å². The largest absolute Gasteiger partial charge is 0.322 e. The zero-order valence-electron chi connectivity index (χ0n) is 10.3. The molecular weight excluding hydrogens is 255 g/mol. The standard InChI is InChI=1S/C13H17FN2O.ClH/c1-2-13(8-5-9-15-13)12(17)16-11-7-4-3-6-10(11)14;/h3-4,6-7,15H,2,5,8-9H2,1H3,(H,16,17);1H. The van der Waals surface area contributed by atoms with Crippen molar-refractivity contribution in [3.8, 4) is 0 Å². The molecule has 1 aliphatic heterocycles. The molecule has 1 unspecified atom stereocenters. The Morgan fingerprint density at radius 2 is 2.22 bits per heavy atom. The Balaban J connectivity index is 0.00000162. The number of benzene rings is 1. The van der Waals surface area contributed by atoms with Crippen LogP contribution in [0.15, 0.2) is 24.3 Å². The van der Waals surface area contributed by atoms with Crippen molar-refractivity contribution in [1.82, 2.24) is 5.32 Å². The van der Waals surface area contributed by atoms with Gasteiger partial charge in [-0.3, -0.25) is 4.79 Å². The van der Waals surface area contributed by atoms with E-state index in [-0.39, 0.29) is 24.0 Å². The number of hydrogen-bond donors (Lipinski definition) is 2. The maximum Gasteiger partial charge on any atom is 0.244 e. The lowest BCUT2D eigenvalue weighted by molar-refractivity contribution is -0.122. The zero-order chi connectivity index (χ0) is 12.3. The van der Waals surface area contributed by atoms with E-state index < -0.39 is 11.4 Å². The summed E-state index contributed by atoms with van der Waals surface area (Å²) in [5.74, 6) is -0.535. The van der Waals surface area contributed by atoms with Crippen LogP contribution >= 0.6 is 12.4 Å². The minimum absolute atomic E-state index is 0. The third-order valence-corrected chi connectivity index (χ3v) is 3.40. The second-order valence-corrected chi connectivity index (χ2v) is 4.40. The van der Waals surface area contributed by atoms with Crippen molar-refractivity contribution in [1.29, 1.82) is 0 Å². The number of carbonyl (C=O) groups is 1. The van der Waals surface area contributed by atoms with Crippen LogP contribution in [-0.2, 0) is 4.79 Å². The summed E-state index contributed by atoms with van der Waals surface area (Å²) in [6, 6.07) is 6.23. The molecular formula is C13H18ClFN2O. The number of anilines is 1. The summed E-state index contributed by atoms with van der Waals surface area (Å²) in [4.78, 5) is 12.2. The summed E-state index contributed by atoms with van der Waals surface area (Å²) in [6.45, 7) is 2.82. The van der Waals surface area contributed by atoms with E-state index in [2.05, 4.69) is 10.6 Å². The van der Waals surface area contributed by atoms with Gasteiger partial charge in [0.15, 0.2) is 0 Å². The summed E-state index contributed by atoms with van der Waals surface area (Å²) in [5, 5.41) is 5.89. The predicted octanol–water partition coefficient (Wildman–Crippen LogP) is 2.72. The molecule has 0 bridgehead atoms. The van der Waals surface area contributed by atoms with E-state index in [1.54, 1.807) is 18.2 Å². The number of hydrogen-bond acceptors (Lipinski definition) is 2. The number of halogens is 2. The fourth-order valence-electron chi connectivity index (χ4n) is 2.27. The van der Waals surface area contributed by atoms with Crippen LogP contribution in [0.2, 0.25) is 0 Å². The quantitative estimate of drug-likeness (QED) is 0.888. The van der Waals surface area contributed by atoms with Gasteiger partial charge in [0.25, 0.3) is 0 Å². The summed E-state index contributed by atoms with van der Waals surface area (Å²) >= 11 is 0. The molecule has 1 amide bonds. The minimum Gasteiger partial charge on any atom is -0.322 e. The molecule has 0 aromatic heterocycles. The molecule has 0 spiro atoms.